The second kappa shape index (κ2) is 8.88. The van der Waals surface area contributed by atoms with Crippen LogP contribution in [0.5, 0.6) is 0 Å². The van der Waals surface area contributed by atoms with Crippen molar-refractivity contribution < 1.29 is 13.2 Å². The first-order chi connectivity index (χ1) is 13.3. The Kier molecular flexibility index (Phi) is 6.52. The minimum absolute atomic E-state index is 0.135. The van der Waals surface area contributed by atoms with Crippen molar-refractivity contribution in [2.45, 2.75) is 43.7 Å². The molecule has 1 aliphatic heterocycles. The van der Waals surface area contributed by atoms with Crippen LogP contribution in [0.1, 0.15) is 53.7 Å². The first-order valence-electron chi connectivity index (χ1n) is 9.75. The number of piperidine rings is 1. The van der Waals surface area contributed by atoms with Crippen LogP contribution in [0.15, 0.2) is 53.4 Å². The van der Waals surface area contributed by atoms with E-state index in [9.17, 15) is 13.2 Å². The van der Waals surface area contributed by atoms with Crippen LogP contribution >= 0.6 is 0 Å². The van der Waals surface area contributed by atoms with Crippen LogP contribution in [-0.4, -0.2) is 38.6 Å². The van der Waals surface area contributed by atoms with Crippen molar-refractivity contribution in [2.75, 3.05) is 19.3 Å². The highest BCUT2D eigenvalue weighted by atomic mass is 32.2. The zero-order chi connectivity index (χ0) is 20.1. The minimum atomic E-state index is -3.22. The average molecular weight is 401 g/mol. The predicted molar refractivity (Wildman–Crippen MR) is 111 cm³/mol. The zero-order valence-electron chi connectivity index (χ0n) is 16.5. The van der Waals surface area contributed by atoms with Gasteiger partial charge in [0.05, 0.1) is 10.9 Å². The first-order valence-corrected chi connectivity index (χ1v) is 11.6. The lowest BCUT2D eigenvalue weighted by Crippen LogP contribution is -2.29. The third-order valence-electron chi connectivity index (χ3n) is 5.23. The highest BCUT2D eigenvalue weighted by Crippen LogP contribution is 2.18. The topological polar surface area (TPSA) is 66.5 Å². The molecule has 1 atom stereocenters. The number of sulfone groups is 1. The molecular weight excluding hydrogens is 372 g/mol. The maximum Gasteiger partial charge on any atom is 0.251 e. The molecule has 2 aromatic rings. The molecule has 1 N–H and O–H groups in total. The van der Waals surface area contributed by atoms with Crippen LogP contribution in [-0.2, 0) is 16.4 Å². The number of carbonyl (C=O) groups excluding carboxylic acids is 1. The Labute approximate surface area is 167 Å². The van der Waals surface area contributed by atoms with Gasteiger partial charge in [-0.25, -0.2) is 8.42 Å². The third-order valence-corrected chi connectivity index (χ3v) is 6.36. The molecule has 1 fully saturated rings. The molecule has 1 amide bonds. The van der Waals surface area contributed by atoms with E-state index in [0.717, 1.165) is 25.2 Å². The lowest BCUT2D eigenvalue weighted by Gasteiger charge is -2.26. The van der Waals surface area contributed by atoms with E-state index in [1.807, 2.05) is 31.2 Å². The molecule has 1 aliphatic rings. The maximum atomic E-state index is 12.5. The van der Waals surface area contributed by atoms with Crippen molar-refractivity contribution in [3.8, 4) is 0 Å². The molecule has 2 aromatic carbocycles. The summed E-state index contributed by atoms with van der Waals surface area (Å²) in [6, 6.07) is 14.2. The SMILES string of the molecule is CC(NC(=O)c1ccc(CN2CCCCC2)cc1)c1ccc(S(C)(=O)=O)cc1. The Hall–Kier alpha value is -2.18. The van der Waals surface area contributed by atoms with Crippen molar-refractivity contribution in [1.29, 1.82) is 0 Å². The fourth-order valence-corrected chi connectivity index (χ4v) is 4.13. The molecule has 1 saturated heterocycles. The van der Waals surface area contributed by atoms with Crippen LogP contribution in [0.4, 0.5) is 0 Å². The van der Waals surface area contributed by atoms with Crippen LogP contribution in [0.2, 0.25) is 0 Å². The van der Waals surface area contributed by atoms with Crippen LogP contribution < -0.4 is 5.32 Å². The normalized spacial score (nSPS) is 16.5. The Morgan fingerprint density at radius 2 is 1.61 bits per heavy atom. The van der Waals surface area contributed by atoms with E-state index in [1.165, 1.54) is 31.1 Å². The summed E-state index contributed by atoms with van der Waals surface area (Å²) < 4.78 is 23.1. The molecule has 0 aliphatic carbocycles. The van der Waals surface area contributed by atoms with Gasteiger partial charge in [0.25, 0.3) is 5.91 Å². The summed E-state index contributed by atoms with van der Waals surface area (Å²) in [5.74, 6) is -0.135. The summed E-state index contributed by atoms with van der Waals surface area (Å²) in [6.07, 6.45) is 5.04. The Morgan fingerprint density at radius 1 is 1.00 bits per heavy atom. The third kappa shape index (κ3) is 5.42. The number of rotatable bonds is 6. The van der Waals surface area contributed by atoms with Crippen molar-refractivity contribution in [1.82, 2.24) is 10.2 Å². The molecule has 0 bridgehead atoms. The predicted octanol–water partition coefficient (Wildman–Crippen LogP) is 3.57. The van der Waals surface area contributed by atoms with Gasteiger partial charge in [0.1, 0.15) is 0 Å². The second-order valence-corrected chi connectivity index (χ2v) is 9.59. The minimum Gasteiger partial charge on any atom is -0.346 e. The maximum absolute atomic E-state index is 12.5. The molecule has 1 unspecified atom stereocenters. The second-order valence-electron chi connectivity index (χ2n) is 7.57. The van der Waals surface area contributed by atoms with Gasteiger partial charge in [0.15, 0.2) is 9.84 Å². The van der Waals surface area contributed by atoms with E-state index in [-0.39, 0.29) is 16.8 Å². The van der Waals surface area contributed by atoms with Crippen molar-refractivity contribution in [2.24, 2.45) is 0 Å². The fraction of sp³-hybridized carbons (Fsp3) is 0.409. The van der Waals surface area contributed by atoms with Crippen molar-refractivity contribution in [3.05, 3.63) is 65.2 Å². The first kappa shape index (κ1) is 20.6. The number of hydrogen-bond donors (Lipinski definition) is 1. The van der Waals surface area contributed by atoms with Crippen LogP contribution in [0.3, 0.4) is 0 Å². The number of amides is 1. The van der Waals surface area contributed by atoms with Gasteiger partial charge >= 0.3 is 0 Å². The van der Waals surface area contributed by atoms with Gasteiger partial charge in [0.2, 0.25) is 0 Å². The van der Waals surface area contributed by atoms with E-state index in [0.29, 0.717) is 5.56 Å². The van der Waals surface area contributed by atoms with Gasteiger partial charge in [-0.2, -0.15) is 0 Å². The Balaban J connectivity index is 1.59. The van der Waals surface area contributed by atoms with Gasteiger partial charge in [-0.1, -0.05) is 30.7 Å². The smallest absolute Gasteiger partial charge is 0.251 e. The molecule has 1 heterocycles. The number of hydrogen-bond acceptors (Lipinski definition) is 4. The highest BCUT2D eigenvalue weighted by Gasteiger charge is 2.14. The average Bonchev–Trinajstić information content (AvgIpc) is 2.68. The van der Waals surface area contributed by atoms with E-state index >= 15 is 0 Å². The summed E-state index contributed by atoms with van der Waals surface area (Å²) in [7, 11) is -3.22. The molecule has 0 aromatic heterocycles. The fourth-order valence-electron chi connectivity index (χ4n) is 3.50. The number of nitrogens with one attached hydrogen (secondary N) is 1. The molecule has 5 nitrogen and oxygen atoms in total. The number of nitrogens with zero attached hydrogens (tertiary/aromatic N) is 1. The molecule has 0 saturated carbocycles. The van der Waals surface area contributed by atoms with Gasteiger partial charge in [-0.15, -0.1) is 0 Å². The van der Waals surface area contributed by atoms with Crippen molar-refractivity contribution in [3.63, 3.8) is 0 Å². The highest BCUT2D eigenvalue weighted by molar-refractivity contribution is 7.90. The van der Waals surface area contributed by atoms with Crippen molar-refractivity contribution >= 4 is 15.7 Å². The van der Waals surface area contributed by atoms with E-state index < -0.39 is 9.84 Å². The lowest BCUT2D eigenvalue weighted by molar-refractivity contribution is 0.0940. The van der Waals surface area contributed by atoms with Crippen LogP contribution in [0.25, 0.3) is 0 Å². The summed E-state index contributed by atoms with van der Waals surface area (Å²) in [6.45, 7) is 5.12. The number of likely N-dealkylation sites (tertiary alicyclic amines) is 1. The standard InChI is InChI=1S/C22H28N2O3S/c1-17(19-10-12-21(13-11-19)28(2,26)27)23-22(25)20-8-6-18(7-9-20)16-24-14-4-3-5-15-24/h6-13,17H,3-5,14-16H2,1-2H3,(H,23,25). The molecule has 0 spiro atoms. The van der Waals surface area contributed by atoms with Gasteiger partial charge in [0, 0.05) is 18.4 Å². The van der Waals surface area contributed by atoms with E-state index in [1.54, 1.807) is 24.3 Å². The zero-order valence-corrected chi connectivity index (χ0v) is 17.3. The monoisotopic (exact) mass is 400 g/mol. The largest absolute Gasteiger partial charge is 0.346 e. The molecule has 150 valence electrons. The summed E-state index contributed by atoms with van der Waals surface area (Å²) in [5, 5.41) is 2.97. The molecule has 3 rings (SSSR count). The summed E-state index contributed by atoms with van der Waals surface area (Å²) >= 11 is 0. The molecule has 28 heavy (non-hydrogen) atoms. The number of benzene rings is 2. The Bertz CT molecular complexity index is 900. The summed E-state index contributed by atoms with van der Waals surface area (Å²) in [4.78, 5) is 15.3. The lowest BCUT2D eigenvalue weighted by atomic mass is 10.1. The van der Waals surface area contributed by atoms with Gasteiger partial charge < -0.3 is 5.32 Å². The Morgan fingerprint density at radius 3 is 2.18 bits per heavy atom. The number of carbonyl (C=O) groups is 1. The quantitative estimate of drug-likeness (QED) is 0.805. The van der Waals surface area contributed by atoms with Gasteiger partial charge in [-0.05, 0) is 68.2 Å². The molecule has 0 radical (unpaired) electrons. The molecule has 6 heteroatoms. The van der Waals surface area contributed by atoms with Crippen LogP contribution in [0, 0.1) is 0 Å². The van der Waals surface area contributed by atoms with E-state index in [2.05, 4.69) is 10.2 Å². The summed E-state index contributed by atoms with van der Waals surface area (Å²) in [5.41, 5.74) is 2.72. The van der Waals surface area contributed by atoms with Gasteiger partial charge in [-0.3, -0.25) is 9.69 Å². The van der Waals surface area contributed by atoms with E-state index in [4.69, 9.17) is 0 Å². The molecular formula is C22H28N2O3S.